The van der Waals surface area contributed by atoms with Gasteiger partial charge in [0.25, 0.3) is 0 Å². The van der Waals surface area contributed by atoms with Crippen LogP contribution in [0.4, 0.5) is 0 Å². The Morgan fingerprint density at radius 2 is 2.54 bits per heavy atom. The summed E-state index contributed by atoms with van der Waals surface area (Å²) in [6.45, 7) is 4.61. The maximum absolute atomic E-state index is 4.29. The Kier molecular flexibility index (Phi) is 2.96. The van der Waals surface area contributed by atoms with E-state index in [4.69, 9.17) is 0 Å². The lowest BCUT2D eigenvalue weighted by Gasteiger charge is -2.33. The van der Waals surface area contributed by atoms with Crippen LogP contribution in [0.25, 0.3) is 0 Å². The van der Waals surface area contributed by atoms with Gasteiger partial charge in [0.1, 0.15) is 0 Å². The minimum Gasteiger partial charge on any atom is -0.295 e. The number of thiol groups is 1. The Balaban J connectivity index is 2.17. The van der Waals surface area contributed by atoms with Crippen molar-refractivity contribution >= 4 is 24.0 Å². The summed E-state index contributed by atoms with van der Waals surface area (Å²) in [4.78, 5) is 4.10. The van der Waals surface area contributed by atoms with E-state index in [1.807, 2.05) is 11.3 Å². The molecule has 0 saturated carbocycles. The highest BCUT2D eigenvalue weighted by atomic mass is 32.1. The third kappa shape index (κ3) is 1.78. The molecule has 2 heterocycles. The molecule has 0 saturated heterocycles. The van der Waals surface area contributed by atoms with Crippen LogP contribution in [0.1, 0.15) is 23.4 Å². The van der Waals surface area contributed by atoms with Crippen molar-refractivity contribution < 1.29 is 0 Å². The molecule has 1 aromatic rings. The number of fused-ring (bicyclic) bond motifs is 1. The summed E-state index contributed by atoms with van der Waals surface area (Å²) >= 11 is 6.19. The molecule has 1 nitrogen and oxygen atoms in total. The highest BCUT2D eigenvalue weighted by Crippen LogP contribution is 2.32. The molecule has 1 aliphatic rings. The Morgan fingerprint density at radius 1 is 1.69 bits per heavy atom. The summed E-state index contributed by atoms with van der Waals surface area (Å²) in [7, 11) is 0. The normalized spacial score (nSPS) is 23.1. The Labute approximate surface area is 89.2 Å². The molecule has 1 atom stereocenters. The monoisotopic (exact) mass is 213 g/mol. The maximum atomic E-state index is 4.29. The molecule has 2 rings (SSSR count). The van der Waals surface area contributed by atoms with Gasteiger partial charge in [0, 0.05) is 29.8 Å². The minimum absolute atomic E-state index is 0.599. The van der Waals surface area contributed by atoms with Crippen LogP contribution < -0.4 is 0 Å². The van der Waals surface area contributed by atoms with Gasteiger partial charge in [-0.25, -0.2) is 0 Å². The van der Waals surface area contributed by atoms with E-state index < -0.39 is 0 Å². The third-order valence-corrected chi connectivity index (χ3v) is 3.99. The average molecular weight is 213 g/mol. The van der Waals surface area contributed by atoms with Gasteiger partial charge in [0.05, 0.1) is 0 Å². The van der Waals surface area contributed by atoms with Gasteiger partial charge in [0.2, 0.25) is 0 Å². The fraction of sp³-hybridized carbons (Fsp3) is 0.600. The van der Waals surface area contributed by atoms with Crippen LogP contribution in [0.5, 0.6) is 0 Å². The van der Waals surface area contributed by atoms with Crippen molar-refractivity contribution in [2.45, 2.75) is 19.4 Å². The zero-order chi connectivity index (χ0) is 9.26. The van der Waals surface area contributed by atoms with Crippen molar-refractivity contribution in [1.29, 1.82) is 0 Å². The summed E-state index contributed by atoms with van der Waals surface area (Å²) in [5.74, 6) is 0.962. The first-order chi connectivity index (χ1) is 6.33. The van der Waals surface area contributed by atoms with Crippen LogP contribution in [0.15, 0.2) is 11.4 Å². The van der Waals surface area contributed by atoms with Gasteiger partial charge >= 0.3 is 0 Å². The molecule has 0 spiro atoms. The lowest BCUT2D eigenvalue weighted by molar-refractivity contribution is 0.213. The van der Waals surface area contributed by atoms with Gasteiger partial charge < -0.3 is 0 Å². The van der Waals surface area contributed by atoms with E-state index in [1.165, 1.54) is 18.5 Å². The van der Waals surface area contributed by atoms with Crippen molar-refractivity contribution in [2.75, 3.05) is 18.8 Å². The van der Waals surface area contributed by atoms with E-state index in [9.17, 15) is 0 Å². The first kappa shape index (κ1) is 9.56. The highest BCUT2D eigenvalue weighted by molar-refractivity contribution is 7.80. The zero-order valence-electron chi connectivity index (χ0n) is 7.86. The zero-order valence-corrected chi connectivity index (χ0v) is 9.57. The van der Waals surface area contributed by atoms with E-state index in [-0.39, 0.29) is 0 Å². The molecule has 72 valence electrons. The summed E-state index contributed by atoms with van der Waals surface area (Å²) in [5.41, 5.74) is 1.54. The highest BCUT2D eigenvalue weighted by Gasteiger charge is 2.23. The lowest BCUT2D eigenvalue weighted by atomic mass is 10.0. The molecular formula is C10H15NS2. The van der Waals surface area contributed by atoms with Gasteiger partial charge in [-0.1, -0.05) is 0 Å². The van der Waals surface area contributed by atoms with Crippen molar-refractivity contribution in [2.24, 2.45) is 0 Å². The van der Waals surface area contributed by atoms with Crippen LogP contribution >= 0.6 is 24.0 Å². The van der Waals surface area contributed by atoms with Crippen molar-refractivity contribution in [3.63, 3.8) is 0 Å². The van der Waals surface area contributed by atoms with Gasteiger partial charge in [-0.2, -0.15) is 12.6 Å². The first-order valence-corrected chi connectivity index (χ1v) is 6.25. The van der Waals surface area contributed by atoms with Gasteiger partial charge in [-0.05, 0) is 30.4 Å². The molecule has 0 N–H and O–H groups in total. The van der Waals surface area contributed by atoms with Crippen molar-refractivity contribution in [1.82, 2.24) is 4.90 Å². The second-order valence-corrected chi connectivity index (χ2v) is 4.93. The fourth-order valence-electron chi connectivity index (χ4n) is 2.00. The number of hydrogen-bond acceptors (Lipinski definition) is 3. The second-order valence-electron chi connectivity index (χ2n) is 3.48. The topological polar surface area (TPSA) is 3.24 Å². The molecule has 13 heavy (non-hydrogen) atoms. The summed E-state index contributed by atoms with van der Waals surface area (Å²) < 4.78 is 0. The summed E-state index contributed by atoms with van der Waals surface area (Å²) in [6.07, 6.45) is 1.23. The average Bonchev–Trinajstić information content (AvgIpc) is 2.58. The van der Waals surface area contributed by atoms with Crippen LogP contribution in [0, 0.1) is 0 Å². The standard InChI is InChI=1S/C10H15NS2/c1-8-9-3-7-13-10(9)2-4-11(8)5-6-12/h3,7-8,12H,2,4-6H2,1H3. The first-order valence-electron chi connectivity index (χ1n) is 4.74. The van der Waals surface area contributed by atoms with E-state index >= 15 is 0 Å². The largest absolute Gasteiger partial charge is 0.295 e. The van der Waals surface area contributed by atoms with Crippen LogP contribution in [0.3, 0.4) is 0 Å². The summed E-state index contributed by atoms with van der Waals surface area (Å²) in [6, 6.07) is 2.87. The Hall–Kier alpha value is 0.01000. The van der Waals surface area contributed by atoms with Gasteiger partial charge in [-0.15, -0.1) is 11.3 Å². The van der Waals surface area contributed by atoms with Crippen LogP contribution in [-0.2, 0) is 6.42 Å². The van der Waals surface area contributed by atoms with E-state index in [1.54, 1.807) is 4.88 Å². The second kappa shape index (κ2) is 4.03. The van der Waals surface area contributed by atoms with Crippen LogP contribution in [-0.4, -0.2) is 23.7 Å². The Bertz CT molecular complexity index is 282. The third-order valence-electron chi connectivity index (χ3n) is 2.79. The van der Waals surface area contributed by atoms with E-state index in [0.717, 1.165) is 12.3 Å². The van der Waals surface area contributed by atoms with E-state index in [0.29, 0.717) is 6.04 Å². The molecule has 1 aromatic heterocycles. The Morgan fingerprint density at radius 3 is 3.31 bits per heavy atom. The van der Waals surface area contributed by atoms with Gasteiger partial charge in [0.15, 0.2) is 0 Å². The predicted octanol–water partition coefficient (Wildman–Crippen LogP) is 2.60. The number of rotatable bonds is 2. The molecule has 0 aromatic carbocycles. The van der Waals surface area contributed by atoms with Crippen molar-refractivity contribution in [3.8, 4) is 0 Å². The fourth-order valence-corrected chi connectivity index (χ4v) is 3.21. The SMILES string of the molecule is CC1c2ccsc2CCN1CCS. The van der Waals surface area contributed by atoms with E-state index in [2.05, 4.69) is 35.9 Å². The number of hydrogen-bond donors (Lipinski definition) is 1. The number of nitrogens with zero attached hydrogens (tertiary/aromatic N) is 1. The lowest BCUT2D eigenvalue weighted by Crippen LogP contribution is -2.34. The molecule has 1 unspecified atom stereocenters. The summed E-state index contributed by atoms with van der Waals surface area (Å²) in [5, 5.41) is 2.21. The predicted molar refractivity (Wildman–Crippen MR) is 61.9 cm³/mol. The molecular weight excluding hydrogens is 198 g/mol. The van der Waals surface area contributed by atoms with Crippen molar-refractivity contribution in [3.05, 3.63) is 21.9 Å². The molecule has 0 radical (unpaired) electrons. The number of thiophene rings is 1. The molecule has 0 amide bonds. The van der Waals surface area contributed by atoms with Crippen LogP contribution in [0.2, 0.25) is 0 Å². The molecule has 0 fully saturated rings. The molecule has 0 aliphatic carbocycles. The molecule has 1 aliphatic heterocycles. The minimum atomic E-state index is 0.599. The molecule has 3 heteroatoms. The molecule has 0 bridgehead atoms. The quantitative estimate of drug-likeness (QED) is 0.739. The maximum Gasteiger partial charge on any atom is 0.0331 e. The smallest absolute Gasteiger partial charge is 0.0331 e. The van der Waals surface area contributed by atoms with Gasteiger partial charge in [-0.3, -0.25) is 4.90 Å².